The van der Waals surface area contributed by atoms with Crippen molar-refractivity contribution in [2.45, 2.75) is 31.3 Å². The third kappa shape index (κ3) is 6.55. The van der Waals surface area contributed by atoms with Gasteiger partial charge in [0, 0.05) is 18.8 Å². The Morgan fingerprint density at radius 3 is 2.25 bits per heavy atom. The Morgan fingerprint density at radius 2 is 1.88 bits per heavy atom. The fraction of sp³-hybridized carbons (Fsp3) is 0.875. The minimum Gasteiger partial charge on any atom is -0.790 e. The van der Waals surface area contributed by atoms with Crippen molar-refractivity contribution in [2.75, 3.05) is 6.61 Å². The number of rotatable bonds is 12. The highest BCUT2D eigenvalue weighted by Crippen LogP contribution is 2.66. The van der Waals surface area contributed by atoms with E-state index in [-0.39, 0.29) is 0 Å². The van der Waals surface area contributed by atoms with Gasteiger partial charge in [-0.1, -0.05) is 4.57 Å². The molecule has 0 heterocycles. The highest BCUT2D eigenvalue weighted by atomic mass is 32.1. The summed E-state index contributed by atoms with van der Waals surface area (Å²) in [6.07, 6.45) is -0.973. The molecule has 0 aromatic rings. The summed E-state index contributed by atoms with van der Waals surface area (Å²) in [6.45, 7) is -0.867. The van der Waals surface area contributed by atoms with Gasteiger partial charge in [-0.25, -0.2) is 4.57 Å². The summed E-state index contributed by atoms with van der Waals surface area (Å²) in [7, 11) is -14.5. The molecule has 0 aromatic carbocycles. The molecule has 0 amide bonds. The van der Waals surface area contributed by atoms with Gasteiger partial charge in [0.15, 0.2) is 0 Å². The lowest BCUT2D eigenvalue weighted by Gasteiger charge is -2.43. The maximum absolute atomic E-state index is 11.6. The topological polar surface area (TPSA) is 220 Å². The predicted octanol–water partition coefficient (Wildman–Crippen LogP) is -3.04. The summed E-state index contributed by atoms with van der Waals surface area (Å²) in [5.41, 5.74) is -2.05. The molecule has 0 aliphatic heterocycles. The fourth-order valence-corrected chi connectivity index (χ4v) is 4.25. The van der Waals surface area contributed by atoms with Crippen LogP contribution in [-0.2, 0) is 37.2 Å². The minimum absolute atomic E-state index is 0.334. The molecular formula is C8H11O13P3-4. The minimum atomic E-state index is -5.61. The largest absolute Gasteiger partial charge is 0.790 e. The van der Waals surface area contributed by atoms with Gasteiger partial charge in [0.1, 0.15) is 0 Å². The normalized spacial score (nSPS) is 20.9. The highest BCUT2D eigenvalue weighted by molar-refractivity contribution is 8.20. The summed E-state index contributed by atoms with van der Waals surface area (Å²) in [4.78, 5) is 43.4. The van der Waals surface area contributed by atoms with Gasteiger partial charge in [0.2, 0.25) is 0 Å². The lowest BCUT2D eigenvalue weighted by molar-refractivity contribution is -0.780. The number of carbonyl (C=O) groups is 1. The van der Waals surface area contributed by atoms with Crippen molar-refractivity contribution in [1.82, 2.24) is 0 Å². The van der Waals surface area contributed by atoms with Crippen molar-refractivity contribution >= 4 is 28.8 Å². The van der Waals surface area contributed by atoms with E-state index in [9.17, 15) is 43.5 Å². The molecule has 1 rings (SSSR count). The number of carboxylic acid groups (broad SMARTS) is 1. The van der Waals surface area contributed by atoms with Crippen LogP contribution in [0.25, 0.3) is 0 Å². The monoisotopic (exact) mass is 408 g/mol. The Kier molecular flexibility index (Phi) is 7.61. The van der Waals surface area contributed by atoms with E-state index in [4.69, 9.17) is 0 Å². The lowest BCUT2D eigenvalue weighted by Crippen LogP contribution is -2.44. The molecule has 1 saturated carbocycles. The molecule has 0 saturated heterocycles. The first-order chi connectivity index (χ1) is 10.9. The summed E-state index contributed by atoms with van der Waals surface area (Å²) < 4.78 is 45.5. The van der Waals surface area contributed by atoms with E-state index in [1.165, 1.54) is 0 Å². The first-order valence-electron chi connectivity index (χ1n) is 6.24. The van der Waals surface area contributed by atoms with Gasteiger partial charge >= 0.3 is 15.0 Å². The molecule has 140 valence electrons. The number of hydrogen-bond donors (Lipinski definition) is 0. The SMILES string of the molecule is O=C([O-])CC(CCOP(=O)(OO[O-])[P+](=O)[O-])(OP(=O)([O-])[O-])C1CC1. The van der Waals surface area contributed by atoms with Gasteiger partial charge in [0.05, 0.1) is 20.0 Å². The average Bonchev–Trinajstić information content (AvgIpc) is 3.20. The van der Waals surface area contributed by atoms with E-state index < -0.39 is 59.8 Å². The zero-order chi connectivity index (χ0) is 18.6. The first kappa shape index (κ1) is 21.8. The summed E-state index contributed by atoms with van der Waals surface area (Å²) in [5.74, 6) is -2.38. The predicted molar refractivity (Wildman–Crippen MR) is 61.7 cm³/mol. The Balaban J connectivity index is 2.89. The molecule has 1 fully saturated rings. The zero-order valence-electron chi connectivity index (χ0n) is 11.8. The van der Waals surface area contributed by atoms with Crippen LogP contribution in [0.2, 0.25) is 0 Å². The quantitative estimate of drug-likeness (QED) is 0.178. The molecule has 16 heteroatoms. The van der Waals surface area contributed by atoms with Gasteiger partial charge < -0.3 is 38.9 Å². The standard InChI is InChI=1S/C8H15O13P3/c9-7(10)5-8(6-1-2-6,19-23(14,15)16)3-4-18-24(17,21-20-11)22(12)13/h6,11H,1-5H2,(H,9,10)(H2,14,15,16)/p-4. The second-order valence-corrected chi connectivity index (χ2v) is 10.2. The van der Waals surface area contributed by atoms with Gasteiger partial charge in [0.25, 0.3) is 0 Å². The molecule has 13 nitrogen and oxygen atoms in total. The molecule has 24 heavy (non-hydrogen) atoms. The lowest BCUT2D eigenvalue weighted by atomic mass is 9.90. The van der Waals surface area contributed by atoms with E-state index in [1.54, 1.807) is 0 Å². The van der Waals surface area contributed by atoms with Crippen molar-refractivity contribution in [1.29, 1.82) is 0 Å². The molecule has 0 spiro atoms. The van der Waals surface area contributed by atoms with Crippen LogP contribution in [0.5, 0.6) is 0 Å². The highest BCUT2D eigenvalue weighted by Gasteiger charge is 2.49. The third-order valence-electron chi connectivity index (χ3n) is 3.16. The maximum Gasteiger partial charge on any atom is 0.593 e. The Morgan fingerprint density at radius 1 is 1.29 bits per heavy atom. The Hall–Kier alpha value is -0.290. The van der Waals surface area contributed by atoms with Crippen LogP contribution < -0.4 is 25.0 Å². The molecule has 0 N–H and O–H groups in total. The van der Waals surface area contributed by atoms with E-state index in [0.29, 0.717) is 12.8 Å². The zero-order valence-corrected chi connectivity index (χ0v) is 14.4. The van der Waals surface area contributed by atoms with Crippen LogP contribution in [0.15, 0.2) is 0 Å². The van der Waals surface area contributed by atoms with E-state index in [0.717, 1.165) is 0 Å². The molecule has 1 aliphatic rings. The van der Waals surface area contributed by atoms with Crippen molar-refractivity contribution in [3.05, 3.63) is 0 Å². The number of phosphoric ester groups is 1. The summed E-state index contributed by atoms with van der Waals surface area (Å²) in [5, 5.41) is 23.4. The van der Waals surface area contributed by atoms with Crippen molar-refractivity contribution in [2.24, 2.45) is 5.92 Å². The van der Waals surface area contributed by atoms with E-state index in [1.807, 2.05) is 0 Å². The number of phosphoric acid groups is 1. The van der Waals surface area contributed by atoms with Crippen LogP contribution in [0, 0.1) is 5.92 Å². The summed E-state index contributed by atoms with van der Waals surface area (Å²) in [6, 6.07) is 0. The van der Waals surface area contributed by atoms with Crippen LogP contribution in [0.1, 0.15) is 25.7 Å². The Labute approximate surface area is 135 Å². The second-order valence-electron chi connectivity index (χ2n) is 4.86. The van der Waals surface area contributed by atoms with Crippen molar-refractivity contribution in [3.63, 3.8) is 0 Å². The third-order valence-corrected chi connectivity index (χ3v) is 6.65. The van der Waals surface area contributed by atoms with E-state index in [2.05, 4.69) is 18.8 Å². The van der Waals surface area contributed by atoms with Crippen LogP contribution in [0.3, 0.4) is 0 Å². The smallest absolute Gasteiger partial charge is 0.593 e. The van der Waals surface area contributed by atoms with E-state index >= 15 is 0 Å². The molecule has 1 aliphatic carbocycles. The summed E-state index contributed by atoms with van der Waals surface area (Å²) >= 11 is 0. The average molecular weight is 408 g/mol. The van der Waals surface area contributed by atoms with Gasteiger partial charge in [-0.15, -0.1) is 4.67 Å². The molecule has 3 atom stereocenters. The molecule has 0 bridgehead atoms. The first-order valence-corrected chi connectivity index (χ1v) is 11.1. The number of hydrogen-bond acceptors (Lipinski definition) is 13. The fourth-order valence-electron chi connectivity index (χ4n) is 2.13. The molecule has 0 radical (unpaired) electrons. The Bertz CT molecular complexity index is 568. The van der Waals surface area contributed by atoms with Gasteiger partial charge in [-0.3, -0.25) is 9.56 Å². The molecular weight excluding hydrogens is 397 g/mol. The maximum atomic E-state index is 11.6. The van der Waals surface area contributed by atoms with Crippen molar-refractivity contribution < 1.29 is 62.3 Å². The van der Waals surface area contributed by atoms with Crippen LogP contribution in [-0.4, -0.2) is 18.2 Å². The molecule has 3 unspecified atom stereocenters. The molecule has 0 aromatic heterocycles. The van der Waals surface area contributed by atoms with Crippen LogP contribution >= 0.6 is 22.8 Å². The second kappa shape index (κ2) is 8.39. The number of carboxylic acids is 1. The van der Waals surface area contributed by atoms with Crippen LogP contribution in [0.4, 0.5) is 0 Å². The van der Waals surface area contributed by atoms with Crippen molar-refractivity contribution in [3.8, 4) is 0 Å². The number of carbonyl (C=O) groups excluding carboxylic acids is 1. The number of aliphatic carboxylic acids is 1. The van der Waals surface area contributed by atoms with Gasteiger partial charge in [-0.05, 0) is 18.8 Å². The van der Waals surface area contributed by atoms with Gasteiger partial charge in [-0.2, -0.15) is 0 Å².